The molecule has 4 saturated heterocycles. The maximum Gasteiger partial charge on any atom is 0.319 e. The van der Waals surface area contributed by atoms with Crippen LogP contribution in [0.2, 0.25) is 0 Å². The molecule has 2 amide bonds. The van der Waals surface area contributed by atoms with Crippen LogP contribution in [0.4, 0.5) is 15.9 Å². The van der Waals surface area contributed by atoms with Gasteiger partial charge in [0, 0.05) is 93.6 Å². The SMILES string of the molecule is CCc1cccc2cc(O)cc(-c3ncc4c(N5CCC[C@@](C)(O)C5)nc(OCC5(CN6CCC7(CC6)CC(N6CCN(c8ccc9c(C%10CCC(=O)NC%10=O)nn(C)c9c8)CC6)C7)CC5)nc4c3F)c12. The van der Waals surface area contributed by atoms with Crippen LogP contribution in [0.25, 0.3) is 43.8 Å². The molecule has 6 fully saturated rings. The van der Waals surface area contributed by atoms with Crippen molar-refractivity contribution in [3.05, 3.63) is 71.8 Å². The average molecular weight is 965 g/mol. The number of halogens is 1. The number of aliphatic hydroxyl groups is 1. The second kappa shape index (κ2) is 17.7. The van der Waals surface area contributed by atoms with E-state index in [1.165, 1.54) is 31.4 Å². The van der Waals surface area contributed by atoms with E-state index in [2.05, 4.69) is 50.1 Å². The largest absolute Gasteiger partial charge is 0.508 e. The Labute approximate surface area is 413 Å². The number of nitrogens with zero attached hydrogens (tertiary/aromatic N) is 9. The second-order valence-electron chi connectivity index (χ2n) is 22.3. The summed E-state index contributed by atoms with van der Waals surface area (Å²) in [6.45, 7) is 12.5. The second-order valence-corrected chi connectivity index (χ2v) is 22.3. The van der Waals surface area contributed by atoms with Crippen molar-refractivity contribution < 1.29 is 28.9 Å². The number of ether oxygens (including phenoxy) is 1. The topological polar surface area (TPSA) is 165 Å². The van der Waals surface area contributed by atoms with Crippen molar-refractivity contribution in [2.75, 3.05) is 75.3 Å². The van der Waals surface area contributed by atoms with Crippen molar-refractivity contribution in [2.24, 2.45) is 17.9 Å². The number of benzene rings is 3. The number of nitrogens with one attached hydrogen (secondary N) is 1. The minimum atomic E-state index is -0.922. The minimum absolute atomic E-state index is 0.00427. The Bertz CT molecular complexity index is 3070. The van der Waals surface area contributed by atoms with E-state index < -0.39 is 17.3 Å². The molecule has 3 aromatic carbocycles. The first-order chi connectivity index (χ1) is 34.3. The third kappa shape index (κ3) is 8.62. The van der Waals surface area contributed by atoms with E-state index in [4.69, 9.17) is 19.8 Å². The van der Waals surface area contributed by atoms with Crippen LogP contribution in [0.3, 0.4) is 0 Å². The quantitative estimate of drug-likeness (QED) is 0.112. The molecule has 6 aliphatic rings. The molecule has 7 heterocycles. The molecule has 2 saturated carbocycles. The number of piperazine rings is 1. The fraction of sp³-hybridized carbons (Fsp3) is 0.527. The Morgan fingerprint density at radius 3 is 2.46 bits per heavy atom. The van der Waals surface area contributed by atoms with Gasteiger partial charge in [-0.1, -0.05) is 25.1 Å². The number of piperidine rings is 3. The minimum Gasteiger partial charge on any atom is -0.508 e. The van der Waals surface area contributed by atoms with Gasteiger partial charge in [-0.3, -0.25) is 29.5 Å². The molecule has 71 heavy (non-hydrogen) atoms. The predicted molar refractivity (Wildman–Crippen MR) is 271 cm³/mol. The van der Waals surface area contributed by atoms with Gasteiger partial charge in [0.2, 0.25) is 11.8 Å². The average Bonchev–Trinajstić information content (AvgIpc) is 4.04. The van der Waals surface area contributed by atoms with Gasteiger partial charge in [-0.25, -0.2) is 4.39 Å². The van der Waals surface area contributed by atoms with Crippen molar-refractivity contribution >= 4 is 55.9 Å². The van der Waals surface area contributed by atoms with Gasteiger partial charge in [-0.2, -0.15) is 15.1 Å². The maximum atomic E-state index is 17.2. The number of phenols is 1. The number of anilines is 2. The molecule has 16 heteroatoms. The van der Waals surface area contributed by atoms with Crippen molar-refractivity contribution in [2.45, 2.75) is 102 Å². The number of β-amino-alcohol motifs (C(OH)–C–C–N with tert-alkyl or cyclic N) is 1. The molecule has 3 aromatic heterocycles. The number of hydrogen-bond donors (Lipinski definition) is 3. The molecule has 15 nitrogen and oxygen atoms in total. The highest BCUT2D eigenvalue weighted by Crippen LogP contribution is 2.53. The zero-order valence-electron chi connectivity index (χ0n) is 41.2. The highest BCUT2D eigenvalue weighted by Gasteiger charge is 2.51. The van der Waals surface area contributed by atoms with Crippen LogP contribution < -0.4 is 19.9 Å². The summed E-state index contributed by atoms with van der Waals surface area (Å²) in [4.78, 5) is 48.6. The maximum absolute atomic E-state index is 17.2. The molecule has 4 aliphatic heterocycles. The van der Waals surface area contributed by atoms with Crippen LogP contribution >= 0.6 is 0 Å². The van der Waals surface area contributed by atoms with E-state index in [0.717, 1.165) is 104 Å². The summed E-state index contributed by atoms with van der Waals surface area (Å²) in [5, 5.41) is 32.2. The zero-order valence-corrected chi connectivity index (χ0v) is 41.2. The summed E-state index contributed by atoms with van der Waals surface area (Å²) in [5.41, 5.74) is 4.21. The van der Waals surface area contributed by atoms with Crippen molar-refractivity contribution in [3.63, 3.8) is 0 Å². The molecule has 2 atom stereocenters. The number of aromatic hydroxyl groups is 1. The summed E-state index contributed by atoms with van der Waals surface area (Å²) in [6, 6.07) is 16.4. The highest BCUT2D eigenvalue weighted by molar-refractivity contribution is 6.03. The van der Waals surface area contributed by atoms with Crippen molar-refractivity contribution in [3.8, 4) is 23.0 Å². The van der Waals surface area contributed by atoms with Crippen molar-refractivity contribution in [1.82, 2.24) is 39.8 Å². The monoisotopic (exact) mass is 965 g/mol. The lowest BCUT2D eigenvalue weighted by molar-refractivity contribution is -0.134. The number of aromatic nitrogens is 5. The first-order valence-electron chi connectivity index (χ1n) is 26.0. The van der Waals surface area contributed by atoms with Gasteiger partial charge < -0.3 is 29.6 Å². The number of carbonyl (C=O) groups is 2. The first-order valence-corrected chi connectivity index (χ1v) is 26.0. The lowest BCUT2D eigenvalue weighted by Gasteiger charge is -2.56. The van der Waals surface area contributed by atoms with E-state index in [9.17, 15) is 19.8 Å². The number of pyridine rings is 1. The van der Waals surface area contributed by atoms with Crippen LogP contribution in [0.15, 0.2) is 54.7 Å². The standard InChI is InChI=1S/C55H65FN10O5/c1-4-34-7-5-8-35-25-38(67)27-41(45(34)35)48-46(56)49-42(30-57-48)50(66-18-6-13-53(2,70)31-66)60-52(59-49)71-33-55(14-15-55)32-63-19-16-54(17-20-63)28-37(29-54)65-23-21-64(22-24-65)36-9-10-39-43(26-36)62(3)61-47(39)40-11-12-44(68)58-51(40)69/h5,7-10,25-27,30,37,40,67,70H,4,6,11-24,28-29,31-33H2,1-3H3,(H,58,68,69)/t40?,53-/m1/s1. The Balaban J connectivity index is 0.681. The molecule has 0 bridgehead atoms. The molecule has 0 radical (unpaired) electrons. The van der Waals surface area contributed by atoms with E-state index in [1.807, 2.05) is 41.8 Å². The first kappa shape index (κ1) is 46.1. The molecule has 1 unspecified atom stereocenters. The van der Waals surface area contributed by atoms with E-state index in [0.29, 0.717) is 67.2 Å². The lowest BCUT2D eigenvalue weighted by atomic mass is 9.60. The molecule has 6 aromatic rings. The molecule has 12 rings (SSSR count). The summed E-state index contributed by atoms with van der Waals surface area (Å²) in [6.07, 6.45) is 11.7. The fourth-order valence-electron chi connectivity index (χ4n) is 12.9. The van der Waals surface area contributed by atoms with Crippen LogP contribution in [-0.4, -0.2) is 134 Å². The molecule has 3 N–H and O–H groups in total. The number of carbonyl (C=O) groups excluding carboxylic acids is 2. The summed E-state index contributed by atoms with van der Waals surface area (Å²) >= 11 is 0. The fourth-order valence-corrected chi connectivity index (χ4v) is 12.9. The predicted octanol–water partition coefficient (Wildman–Crippen LogP) is 7.24. The van der Waals surface area contributed by atoms with E-state index in [-0.39, 0.29) is 40.2 Å². The Hall–Kier alpha value is -5.97. The van der Waals surface area contributed by atoms with Crippen molar-refractivity contribution in [1.29, 1.82) is 0 Å². The Morgan fingerprint density at radius 1 is 0.915 bits per heavy atom. The number of amides is 2. The Kier molecular flexibility index (Phi) is 11.5. The van der Waals surface area contributed by atoms with Gasteiger partial charge in [-0.05, 0) is 136 Å². The zero-order chi connectivity index (χ0) is 48.8. The number of phenolic OH excluding ortho intramolecular Hbond substituents is 1. The van der Waals surface area contributed by atoms with Gasteiger partial charge in [0.25, 0.3) is 0 Å². The van der Waals surface area contributed by atoms with Gasteiger partial charge in [0.05, 0.1) is 34.7 Å². The number of hydrogen-bond acceptors (Lipinski definition) is 13. The number of rotatable bonds is 11. The third-order valence-electron chi connectivity index (χ3n) is 17.2. The van der Waals surface area contributed by atoms with Crippen LogP contribution in [0.5, 0.6) is 11.8 Å². The van der Waals surface area contributed by atoms with Gasteiger partial charge in [0.1, 0.15) is 22.8 Å². The number of aryl methyl sites for hydroxylation is 2. The normalized spacial score (nSPS) is 24.0. The van der Waals surface area contributed by atoms with Gasteiger partial charge >= 0.3 is 6.01 Å². The highest BCUT2D eigenvalue weighted by atomic mass is 19.1. The molecule has 2 aliphatic carbocycles. The smallest absolute Gasteiger partial charge is 0.319 e. The molecule has 1 spiro atoms. The van der Waals surface area contributed by atoms with E-state index in [1.54, 1.807) is 18.3 Å². The van der Waals surface area contributed by atoms with E-state index >= 15 is 4.39 Å². The van der Waals surface area contributed by atoms with Crippen LogP contribution in [-0.2, 0) is 23.1 Å². The summed E-state index contributed by atoms with van der Waals surface area (Å²) in [5.74, 6) is -0.922. The van der Waals surface area contributed by atoms with Crippen LogP contribution in [0, 0.1) is 16.6 Å². The summed E-state index contributed by atoms with van der Waals surface area (Å²) in [7, 11) is 1.93. The number of likely N-dealkylation sites (tertiary alicyclic amines) is 1. The van der Waals surface area contributed by atoms with Gasteiger partial charge in [0.15, 0.2) is 5.82 Å². The van der Waals surface area contributed by atoms with Crippen LogP contribution in [0.1, 0.15) is 95.2 Å². The molecular weight excluding hydrogens is 900 g/mol. The third-order valence-corrected chi connectivity index (χ3v) is 17.2. The molecule has 372 valence electrons. The lowest BCUT2D eigenvalue weighted by Crippen LogP contribution is -2.59. The molecular formula is C55H65FN10O5. The number of fused-ring (bicyclic) bond motifs is 3. The Morgan fingerprint density at radius 2 is 1.72 bits per heavy atom. The van der Waals surface area contributed by atoms with Gasteiger partial charge in [-0.15, -0.1) is 0 Å². The number of imide groups is 1. The summed E-state index contributed by atoms with van der Waals surface area (Å²) < 4.78 is 25.6.